The van der Waals surface area contributed by atoms with Gasteiger partial charge in [-0.2, -0.15) is 13.8 Å². The number of rotatable bonds is 8. The fourth-order valence-electron chi connectivity index (χ4n) is 4.14. The number of hydrogen-bond donors (Lipinski definition) is 3. The van der Waals surface area contributed by atoms with E-state index in [4.69, 9.17) is 16.3 Å². The lowest BCUT2D eigenvalue weighted by Gasteiger charge is -2.34. The van der Waals surface area contributed by atoms with Gasteiger partial charge in [0, 0.05) is 5.54 Å². The highest BCUT2D eigenvalue weighted by atomic mass is 35.5. The van der Waals surface area contributed by atoms with E-state index in [1.54, 1.807) is 44.2 Å². The zero-order valence-corrected chi connectivity index (χ0v) is 22.3. The number of benzene rings is 2. The summed E-state index contributed by atoms with van der Waals surface area (Å²) in [6, 6.07) is 9.78. The summed E-state index contributed by atoms with van der Waals surface area (Å²) in [5, 5.41) is 8.81. The molecule has 0 saturated carbocycles. The summed E-state index contributed by atoms with van der Waals surface area (Å²) in [7, 11) is -3.59. The first-order valence-corrected chi connectivity index (χ1v) is 13.6. The van der Waals surface area contributed by atoms with E-state index >= 15 is 0 Å². The molecule has 0 aliphatic carbocycles. The first-order chi connectivity index (χ1) is 17.4. The minimum absolute atomic E-state index is 0.0491. The Hall–Kier alpha value is -3.02. The molecule has 0 bridgehead atoms. The number of halogens is 3. The summed E-state index contributed by atoms with van der Waals surface area (Å²) in [6.07, 6.45) is 2.04. The van der Waals surface area contributed by atoms with Crippen molar-refractivity contribution in [1.82, 2.24) is 15.3 Å². The standard InChI is InChI=1S/C25H28ClF2N5O3S/c1-14(2)37(34,35)21-8-6-5-7-18(21)31-22-17(26)13-29-24(33-22)32-19-11-15-9-10-30-25(3,4)16(15)12-20(19)36-23(27)28/h5-8,11-14,23,30H,9-10H2,1-4H3,(H2,29,31,32,33). The van der Waals surface area contributed by atoms with Gasteiger partial charge in [-0.3, -0.25) is 0 Å². The van der Waals surface area contributed by atoms with Gasteiger partial charge in [-0.15, -0.1) is 0 Å². The van der Waals surface area contributed by atoms with Crippen LogP contribution in [-0.4, -0.2) is 36.8 Å². The van der Waals surface area contributed by atoms with Crippen LogP contribution in [0.4, 0.5) is 31.9 Å². The lowest BCUT2D eigenvalue weighted by Crippen LogP contribution is -2.42. The molecule has 0 fully saturated rings. The maximum Gasteiger partial charge on any atom is 0.387 e. The average molecular weight is 552 g/mol. The topological polar surface area (TPSA) is 105 Å². The van der Waals surface area contributed by atoms with Gasteiger partial charge >= 0.3 is 6.61 Å². The number of hydrogen-bond acceptors (Lipinski definition) is 8. The van der Waals surface area contributed by atoms with E-state index in [2.05, 4.69) is 25.9 Å². The van der Waals surface area contributed by atoms with Gasteiger partial charge < -0.3 is 20.7 Å². The summed E-state index contributed by atoms with van der Waals surface area (Å²) in [6.45, 7) is 4.85. The van der Waals surface area contributed by atoms with Crippen molar-refractivity contribution in [2.45, 2.75) is 56.4 Å². The quantitative estimate of drug-likeness (QED) is 0.323. The number of nitrogens with zero attached hydrogens (tertiary/aromatic N) is 2. The third-order valence-electron chi connectivity index (χ3n) is 6.11. The maximum absolute atomic E-state index is 13.2. The Morgan fingerprint density at radius 3 is 2.57 bits per heavy atom. The van der Waals surface area contributed by atoms with Crippen molar-refractivity contribution in [2.75, 3.05) is 17.2 Å². The average Bonchev–Trinajstić information content (AvgIpc) is 2.81. The Bertz CT molecular complexity index is 1420. The zero-order chi connectivity index (χ0) is 27.0. The highest BCUT2D eigenvalue weighted by Crippen LogP contribution is 2.38. The van der Waals surface area contributed by atoms with Gasteiger partial charge in [0.1, 0.15) is 10.8 Å². The van der Waals surface area contributed by atoms with Crippen molar-refractivity contribution >= 4 is 44.6 Å². The van der Waals surface area contributed by atoms with E-state index in [0.717, 1.165) is 17.7 Å². The predicted octanol–water partition coefficient (Wildman–Crippen LogP) is 5.78. The molecular weight excluding hydrogens is 524 g/mol. The van der Waals surface area contributed by atoms with Gasteiger partial charge in [0.25, 0.3) is 0 Å². The smallest absolute Gasteiger partial charge is 0.387 e. The SMILES string of the molecule is CC(C)S(=O)(=O)c1ccccc1Nc1nc(Nc2cc3c(cc2OC(F)F)C(C)(C)NCC3)ncc1Cl. The van der Waals surface area contributed by atoms with E-state index in [9.17, 15) is 17.2 Å². The second-order valence-corrected chi connectivity index (χ2v) is 12.3. The van der Waals surface area contributed by atoms with Crippen molar-refractivity contribution < 1.29 is 21.9 Å². The predicted molar refractivity (Wildman–Crippen MR) is 140 cm³/mol. The van der Waals surface area contributed by atoms with Crippen LogP contribution in [0.3, 0.4) is 0 Å². The van der Waals surface area contributed by atoms with Gasteiger partial charge in [0.05, 0.1) is 27.7 Å². The highest BCUT2D eigenvalue weighted by molar-refractivity contribution is 7.92. The summed E-state index contributed by atoms with van der Waals surface area (Å²) in [4.78, 5) is 8.65. The van der Waals surface area contributed by atoms with Crippen LogP contribution in [-0.2, 0) is 21.8 Å². The van der Waals surface area contributed by atoms with E-state index in [1.165, 1.54) is 12.3 Å². The molecule has 4 rings (SSSR count). The molecule has 3 aromatic rings. The van der Waals surface area contributed by atoms with Crippen LogP contribution >= 0.6 is 11.6 Å². The number of alkyl halides is 2. The van der Waals surface area contributed by atoms with E-state index in [-0.39, 0.29) is 33.1 Å². The van der Waals surface area contributed by atoms with Crippen molar-refractivity contribution in [3.05, 3.63) is 58.7 Å². The number of fused-ring (bicyclic) bond motifs is 1. The summed E-state index contributed by atoms with van der Waals surface area (Å²) >= 11 is 6.31. The van der Waals surface area contributed by atoms with Gasteiger partial charge in [-0.25, -0.2) is 13.4 Å². The van der Waals surface area contributed by atoms with E-state index in [1.807, 2.05) is 13.8 Å². The first kappa shape index (κ1) is 27.0. The monoisotopic (exact) mass is 551 g/mol. The molecule has 1 aromatic heterocycles. The molecule has 0 atom stereocenters. The van der Waals surface area contributed by atoms with Crippen LogP contribution in [0.15, 0.2) is 47.5 Å². The molecule has 0 spiro atoms. The molecule has 198 valence electrons. The maximum atomic E-state index is 13.2. The normalized spacial score (nSPS) is 14.9. The van der Waals surface area contributed by atoms with E-state index in [0.29, 0.717) is 12.1 Å². The number of sulfone groups is 1. The van der Waals surface area contributed by atoms with Crippen LogP contribution in [0.1, 0.15) is 38.8 Å². The molecule has 0 saturated heterocycles. The fraction of sp³-hybridized carbons (Fsp3) is 0.360. The van der Waals surface area contributed by atoms with Gasteiger partial charge in [-0.1, -0.05) is 23.7 Å². The van der Waals surface area contributed by atoms with Crippen LogP contribution < -0.4 is 20.7 Å². The Morgan fingerprint density at radius 2 is 1.86 bits per heavy atom. The molecule has 0 amide bonds. The molecule has 3 N–H and O–H groups in total. The molecule has 1 aliphatic rings. The summed E-state index contributed by atoms with van der Waals surface area (Å²) in [5.74, 6) is 0.153. The number of anilines is 4. The number of aromatic nitrogens is 2. The lowest BCUT2D eigenvalue weighted by molar-refractivity contribution is -0.0494. The molecule has 12 heteroatoms. The van der Waals surface area contributed by atoms with Crippen LogP contribution in [0.2, 0.25) is 5.02 Å². The Labute approximate surface area is 219 Å². The van der Waals surface area contributed by atoms with Gasteiger partial charge in [0.2, 0.25) is 5.95 Å². The fourth-order valence-corrected chi connectivity index (χ4v) is 5.48. The Balaban J connectivity index is 1.70. The summed E-state index contributed by atoms with van der Waals surface area (Å²) in [5.41, 5.74) is 2.00. The Morgan fingerprint density at radius 1 is 1.14 bits per heavy atom. The highest BCUT2D eigenvalue weighted by Gasteiger charge is 2.29. The second kappa shape index (κ2) is 10.4. The molecule has 2 heterocycles. The van der Waals surface area contributed by atoms with Crippen molar-refractivity contribution in [2.24, 2.45) is 0 Å². The Kier molecular flexibility index (Phi) is 7.59. The third kappa shape index (κ3) is 5.78. The molecule has 0 unspecified atom stereocenters. The van der Waals surface area contributed by atoms with Gasteiger partial charge in [-0.05, 0) is 76.1 Å². The minimum Gasteiger partial charge on any atom is -0.433 e. The van der Waals surface area contributed by atoms with Gasteiger partial charge in [0.15, 0.2) is 15.7 Å². The van der Waals surface area contributed by atoms with Crippen molar-refractivity contribution in [3.63, 3.8) is 0 Å². The molecule has 0 radical (unpaired) electrons. The number of nitrogens with one attached hydrogen (secondary N) is 3. The number of para-hydroxylation sites is 1. The van der Waals surface area contributed by atoms with Crippen LogP contribution in [0, 0.1) is 0 Å². The second-order valence-electron chi connectivity index (χ2n) is 9.42. The minimum atomic E-state index is -3.59. The van der Waals surface area contributed by atoms with Crippen molar-refractivity contribution in [1.29, 1.82) is 0 Å². The third-order valence-corrected chi connectivity index (χ3v) is 8.60. The molecule has 37 heavy (non-hydrogen) atoms. The van der Waals surface area contributed by atoms with Crippen LogP contribution in [0.25, 0.3) is 0 Å². The van der Waals surface area contributed by atoms with Crippen LogP contribution in [0.5, 0.6) is 5.75 Å². The molecule has 2 aromatic carbocycles. The number of ether oxygens (including phenoxy) is 1. The molecular formula is C25H28ClF2N5O3S. The van der Waals surface area contributed by atoms with E-state index < -0.39 is 27.2 Å². The summed E-state index contributed by atoms with van der Waals surface area (Å²) < 4.78 is 57.0. The molecule has 1 aliphatic heterocycles. The largest absolute Gasteiger partial charge is 0.433 e. The zero-order valence-electron chi connectivity index (χ0n) is 20.8. The first-order valence-electron chi connectivity index (χ1n) is 11.6. The lowest BCUT2D eigenvalue weighted by atomic mass is 9.85. The van der Waals surface area contributed by atoms with Crippen molar-refractivity contribution in [3.8, 4) is 5.75 Å². The molecule has 8 nitrogen and oxygen atoms in total.